The van der Waals surface area contributed by atoms with Crippen molar-refractivity contribution in [3.05, 3.63) is 58.9 Å². The Morgan fingerprint density at radius 2 is 1.95 bits per heavy atom. The molecule has 11 atom stereocenters. The predicted molar refractivity (Wildman–Crippen MR) is 167 cm³/mol. The number of rotatable bonds is 3. The molecule has 4 aliphatic heterocycles. The van der Waals surface area contributed by atoms with Gasteiger partial charge in [-0.15, -0.1) is 0 Å². The van der Waals surface area contributed by atoms with E-state index < -0.39 is 41.4 Å². The van der Waals surface area contributed by atoms with Crippen LogP contribution in [0.2, 0.25) is 0 Å². The molecule has 244 valence electrons. The summed E-state index contributed by atoms with van der Waals surface area (Å²) in [5.74, 6) is -2.53. The molecule has 0 aromatic rings. The first-order valence-electron chi connectivity index (χ1n) is 16.4. The Balaban J connectivity index is 1.53. The van der Waals surface area contributed by atoms with Gasteiger partial charge in [0.15, 0.2) is 5.79 Å². The summed E-state index contributed by atoms with van der Waals surface area (Å²) >= 11 is 0. The molecule has 1 spiro atoms. The maximum absolute atomic E-state index is 14.1. The van der Waals surface area contributed by atoms with Crippen molar-refractivity contribution in [2.45, 2.75) is 122 Å². The van der Waals surface area contributed by atoms with E-state index in [0.29, 0.717) is 31.4 Å². The maximum atomic E-state index is 14.1. The van der Waals surface area contributed by atoms with Gasteiger partial charge in [0.1, 0.15) is 23.4 Å². The summed E-state index contributed by atoms with van der Waals surface area (Å²) in [7, 11) is 1.62. The first kappa shape index (κ1) is 33.1. The van der Waals surface area contributed by atoms with Crippen molar-refractivity contribution in [3.8, 4) is 0 Å². The van der Waals surface area contributed by atoms with Crippen molar-refractivity contribution in [3.63, 3.8) is 0 Å². The van der Waals surface area contributed by atoms with Gasteiger partial charge in [-0.05, 0) is 63.2 Å². The Morgan fingerprint density at radius 1 is 1.18 bits per heavy atom. The lowest BCUT2D eigenvalue weighted by molar-refractivity contribution is -0.342. The zero-order valence-corrected chi connectivity index (χ0v) is 27.5. The van der Waals surface area contributed by atoms with E-state index in [-0.39, 0.29) is 36.8 Å². The standard InChI is InChI=1S/C36H52O8/c1-8-10-23(4)32-25(6)30(37)19-35(44-32)18-27-17-26(43-35)14-13-22(3)15-21(2)11-9-12-31-36(39)28(34(38)42-27)16-24(5)33(40-7)29(36)20-41-31/h9-13,16,21,25-30,32-33,37,39H,8,14-15,17-20H2,1-7H3/b11-9+,22-13+,23-10+,31-12-/t21-,25-,26+,27?,28?,29+,30-,32+,33+,35-,36+/m0/s1. The highest BCUT2D eigenvalue weighted by atomic mass is 16.7. The lowest BCUT2D eigenvalue weighted by Crippen LogP contribution is -2.59. The molecule has 5 aliphatic rings. The van der Waals surface area contributed by atoms with Crippen LogP contribution in [0.1, 0.15) is 80.1 Å². The molecule has 1 aliphatic carbocycles. The summed E-state index contributed by atoms with van der Waals surface area (Å²) < 4.78 is 31.7. The molecule has 4 heterocycles. The van der Waals surface area contributed by atoms with Gasteiger partial charge in [-0.1, -0.05) is 56.7 Å². The SMILES string of the molecule is CC/C=C(\C)[C@H]1O[C@@]2(CC3C[C@@H](C/C=C(\C)C[C@@H](C)/C=C/C=C4\OC[C@@H]5[C@H](OC)C(C)=CC(C(=O)O3)[C@]45O)O2)C[C@H](O)[C@@H]1C. The minimum atomic E-state index is -1.61. The number of ether oxygens (including phenoxy) is 5. The molecular weight excluding hydrogens is 560 g/mol. The molecule has 8 heteroatoms. The van der Waals surface area contributed by atoms with E-state index >= 15 is 0 Å². The molecule has 0 saturated carbocycles. The number of esters is 1. The third-order valence-corrected chi connectivity index (χ3v) is 10.3. The summed E-state index contributed by atoms with van der Waals surface area (Å²) in [4.78, 5) is 14.1. The number of aliphatic hydroxyl groups is 2. The molecule has 44 heavy (non-hydrogen) atoms. The molecule has 0 aromatic carbocycles. The first-order chi connectivity index (χ1) is 20.9. The second-order valence-corrected chi connectivity index (χ2v) is 13.8. The van der Waals surface area contributed by atoms with E-state index in [9.17, 15) is 15.0 Å². The van der Waals surface area contributed by atoms with E-state index in [0.717, 1.165) is 24.0 Å². The number of carbonyl (C=O) groups is 1. The predicted octanol–water partition coefficient (Wildman–Crippen LogP) is 5.70. The van der Waals surface area contributed by atoms with Gasteiger partial charge in [-0.3, -0.25) is 4.79 Å². The number of hydrogen-bond donors (Lipinski definition) is 2. The summed E-state index contributed by atoms with van der Waals surface area (Å²) in [5.41, 5.74) is 1.56. The van der Waals surface area contributed by atoms with Crippen molar-refractivity contribution in [1.29, 1.82) is 0 Å². The van der Waals surface area contributed by atoms with E-state index in [2.05, 4.69) is 39.0 Å². The number of allylic oxidation sites excluding steroid dienone is 5. The first-order valence-corrected chi connectivity index (χ1v) is 16.4. The number of fused-ring (bicyclic) bond motifs is 2. The van der Waals surface area contributed by atoms with Crippen LogP contribution in [-0.4, -0.2) is 71.8 Å². The molecule has 0 radical (unpaired) electrons. The number of methoxy groups -OCH3 is 1. The van der Waals surface area contributed by atoms with E-state index in [1.165, 1.54) is 5.57 Å². The maximum Gasteiger partial charge on any atom is 0.316 e. The Hall–Kier alpha value is -2.23. The van der Waals surface area contributed by atoms with Crippen molar-refractivity contribution >= 4 is 5.97 Å². The summed E-state index contributed by atoms with van der Waals surface area (Å²) in [6.07, 6.45) is 13.3. The molecule has 3 saturated heterocycles. The molecule has 2 N–H and O–H groups in total. The van der Waals surface area contributed by atoms with Crippen LogP contribution in [0.5, 0.6) is 0 Å². The normalized spacial score (nSPS) is 46.5. The Bertz CT molecular complexity index is 1230. The molecule has 5 rings (SSSR count). The van der Waals surface area contributed by atoms with Crippen LogP contribution in [0.15, 0.2) is 58.9 Å². The van der Waals surface area contributed by atoms with Crippen molar-refractivity contribution < 1.29 is 38.7 Å². The molecular formula is C36H52O8. The van der Waals surface area contributed by atoms with E-state index in [1.807, 2.05) is 26.8 Å². The monoisotopic (exact) mass is 612 g/mol. The van der Waals surface area contributed by atoms with Gasteiger partial charge in [-0.2, -0.15) is 0 Å². The zero-order valence-electron chi connectivity index (χ0n) is 27.5. The van der Waals surface area contributed by atoms with Gasteiger partial charge >= 0.3 is 5.97 Å². The van der Waals surface area contributed by atoms with Crippen LogP contribution >= 0.6 is 0 Å². The summed E-state index contributed by atoms with van der Waals surface area (Å²) in [6.45, 7) is 12.6. The minimum Gasteiger partial charge on any atom is -0.494 e. The number of carbonyl (C=O) groups excluding carboxylic acids is 1. The average molecular weight is 613 g/mol. The Morgan fingerprint density at radius 3 is 2.68 bits per heavy atom. The molecule has 0 amide bonds. The lowest BCUT2D eigenvalue weighted by Gasteiger charge is -2.51. The van der Waals surface area contributed by atoms with Gasteiger partial charge in [0, 0.05) is 32.3 Å². The topological polar surface area (TPSA) is 104 Å². The lowest BCUT2D eigenvalue weighted by atomic mass is 9.68. The van der Waals surface area contributed by atoms with Gasteiger partial charge in [0.25, 0.3) is 0 Å². The highest BCUT2D eigenvalue weighted by Gasteiger charge is 2.61. The number of hydrogen-bond acceptors (Lipinski definition) is 8. The molecule has 0 aromatic heterocycles. The van der Waals surface area contributed by atoms with Crippen molar-refractivity contribution in [2.75, 3.05) is 13.7 Å². The largest absolute Gasteiger partial charge is 0.494 e. The van der Waals surface area contributed by atoms with Gasteiger partial charge in [0.2, 0.25) is 0 Å². The van der Waals surface area contributed by atoms with E-state index in [1.54, 1.807) is 19.3 Å². The van der Waals surface area contributed by atoms with Crippen LogP contribution in [0, 0.1) is 23.7 Å². The third kappa shape index (κ3) is 6.38. The fourth-order valence-corrected chi connectivity index (χ4v) is 8.05. The van der Waals surface area contributed by atoms with Crippen molar-refractivity contribution in [2.24, 2.45) is 23.7 Å². The van der Waals surface area contributed by atoms with Gasteiger partial charge in [0.05, 0.1) is 36.9 Å². The minimum absolute atomic E-state index is 0.0986. The zero-order chi connectivity index (χ0) is 31.8. The summed E-state index contributed by atoms with van der Waals surface area (Å²) in [5, 5.41) is 23.6. The molecule has 2 unspecified atom stereocenters. The van der Waals surface area contributed by atoms with E-state index in [4.69, 9.17) is 23.7 Å². The smallest absolute Gasteiger partial charge is 0.316 e. The molecule has 8 nitrogen and oxygen atoms in total. The second-order valence-electron chi connectivity index (χ2n) is 13.8. The van der Waals surface area contributed by atoms with Crippen LogP contribution in [0.3, 0.4) is 0 Å². The Labute approximate surface area is 262 Å². The average Bonchev–Trinajstić information content (AvgIpc) is 3.29. The Kier molecular flexibility index (Phi) is 9.98. The van der Waals surface area contributed by atoms with Crippen LogP contribution < -0.4 is 0 Å². The molecule has 3 fully saturated rings. The second kappa shape index (κ2) is 13.2. The fraction of sp³-hybridized carbons (Fsp3) is 0.694. The van der Waals surface area contributed by atoms with Crippen molar-refractivity contribution in [1.82, 2.24) is 0 Å². The molecule has 2 bridgehead atoms. The van der Waals surface area contributed by atoms with Gasteiger partial charge < -0.3 is 33.9 Å². The summed E-state index contributed by atoms with van der Waals surface area (Å²) in [6, 6.07) is 0. The number of aliphatic hydroxyl groups excluding tert-OH is 1. The van der Waals surface area contributed by atoms with Crippen LogP contribution in [0.25, 0.3) is 0 Å². The fourth-order valence-electron chi connectivity index (χ4n) is 8.05. The third-order valence-electron chi connectivity index (χ3n) is 10.3. The van der Waals surface area contributed by atoms with Crippen LogP contribution in [-0.2, 0) is 28.5 Å². The highest BCUT2D eigenvalue weighted by molar-refractivity contribution is 5.78. The highest BCUT2D eigenvalue weighted by Crippen LogP contribution is 2.50. The quantitative estimate of drug-likeness (QED) is 0.309. The van der Waals surface area contributed by atoms with Crippen LogP contribution in [0.4, 0.5) is 0 Å². The van der Waals surface area contributed by atoms with Gasteiger partial charge in [-0.25, -0.2) is 0 Å².